The molecule has 0 N–H and O–H groups in total. The number of alkyl halides is 6. The Hall–Kier alpha value is -1.21. The van der Waals surface area contributed by atoms with Crippen LogP contribution in [0, 0.1) is 6.92 Å². The quantitative estimate of drug-likeness (QED) is 0.491. The Bertz CT molecular complexity index is 374. The molecule has 0 amide bonds. The molecule has 0 bridgehead atoms. The molecular weight excluding hydrogens is 238 g/mol. The van der Waals surface area contributed by atoms with Crippen LogP contribution in [0.2, 0.25) is 0 Å². The molecule has 0 spiro atoms. The third-order valence-electron chi connectivity index (χ3n) is 2.40. The van der Waals surface area contributed by atoms with Gasteiger partial charge in [0.2, 0.25) is 0 Å². The fraction of sp³-hybridized carbons (Fsp3) is 0.625. The molecule has 0 unspecified atom stereocenters. The maximum Gasteiger partial charge on any atom is 0.457 e. The van der Waals surface area contributed by atoms with Gasteiger partial charge < -0.3 is 0 Å². The smallest absolute Gasteiger partial charge is 0.226 e. The number of hydrogen-bond acceptors (Lipinski definition) is 0. The van der Waals surface area contributed by atoms with Gasteiger partial charge in [-0.1, -0.05) is 0 Å². The molecule has 0 aliphatic rings. The number of imidazole rings is 1. The highest BCUT2D eigenvalue weighted by Gasteiger charge is 2.54. The molecule has 1 aromatic heterocycles. The zero-order valence-corrected chi connectivity index (χ0v) is 8.66. The lowest BCUT2D eigenvalue weighted by Crippen LogP contribution is -2.39. The van der Waals surface area contributed by atoms with Crippen LogP contribution in [0.1, 0.15) is 17.2 Å². The summed E-state index contributed by atoms with van der Waals surface area (Å²) in [4.78, 5) is 0. The molecule has 1 aromatic rings. The van der Waals surface area contributed by atoms with E-state index in [1.54, 1.807) is 0 Å². The van der Waals surface area contributed by atoms with Gasteiger partial charge in [0.15, 0.2) is 0 Å². The fourth-order valence-corrected chi connectivity index (χ4v) is 1.52. The van der Waals surface area contributed by atoms with Gasteiger partial charge in [-0.2, -0.15) is 26.3 Å². The molecule has 1 heterocycles. The van der Waals surface area contributed by atoms with E-state index in [4.69, 9.17) is 0 Å². The monoisotopic (exact) mass is 247 g/mol. The molecule has 0 saturated heterocycles. The van der Waals surface area contributed by atoms with E-state index in [1.165, 1.54) is 6.92 Å². The second-order valence-electron chi connectivity index (χ2n) is 3.36. The van der Waals surface area contributed by atoms with Crippen LogP contribution >= 0.6 is 0 Å². The minimum absolute atomic E-state index is 0.125. The highest BCUT2D eigenvalue weighted by Crippen LogP contribution is 2.38. The molecular formula is C8H9F6N2+. The van der Waals surface area contributed by atoms with Crippen molar-refractivity contribution >= 4 is 0 Å². The number of rotatable bonds is 0. The first kappa shape index (κ1) is 12.9. The van der Waals surface area contributed by atoms with E-state index in [0.717, 1.165) is 14.1 Å². The Balaban J connectivity index is 3.66. The van der Waals surface area contributed by atoms with Crippen molar-refractivity contribution in [2.24, 2.45) is 14.1 Å². The zero-order valence-electron chi connectivity index (χ0n) is 8.66. The van der Waals surface area contributed by atoms with Gasteiger partial charge in [-0.25, -0.2) is 9.13 Å². The lowest BCUT2D eigenvalue weighted by atomic mass is 10.3. The Morgan fingerprint density at radius 3 is 1.69 bits per heavy atom. The van der Waals surface area contributed by atoms with Crippen molar-refractivity contribution in [2.75, 3.05) is 0 Å². The first-order valence-electron chi connectivity index (χ1n) is 4.17. The standard InChI is InChI=1S/C8H9F6N2/c1-4-15(2)5(7(9,10)11)6(16(4)3)8(12,13)14/h1-3H3/q+1. The summed E-state index contributed by atoms with van der Waals surface area (Å²) in [7, 11) is 1.90. The van der Waals surface area contributed by atoms with Crippen molar-refractivity contribution in [3.8, 4) is 0 Å². The Morgan fingerprint density at radius 2 is 1.44 bits per heavy atom. The van der Waals surface area contributed by atoms with E-state index < -0.39 is 23.7 Å². The summed E-state index contributed by atoms with van der Waals surface area (Å²) in [5.41, 5.74) is -3.36. The number of halogens is 6. The third kappa shape index (κ3) is 1.88. The van der Waals surface area contributed by atoms with E-state index >= 15 is 0 Å². The summed E-state index contributed by atoms with van der Waals surface area (Å²) in [5.74, 6) is -0.125. The van der Waals surface area contributed by atoms with E-state index in [0.29, 0.717) is 9.13 Å². The molecule has 0 aliphatic carbocycles. The molecule has 1 rings (SSSR count). The van der Waals surface area contributed by atoms with Crippen LogP contribution in [0.4, 0.5) is 26.3 Å². The van der Waals surface area contributed by atoms with Crippen LogP contribution in [-0.2, 0) is 26.4 Å². The third-order valence-corrected chi connectivity index (χ3v) is 2.40. The SMILES string of the molecule is Cc1n(C)c(C(F)(F)F)c(C(F)(F)F)[n+]1C. The minimum atomic E-state index is -5.04. The van der Waals surface area contributed by atoms with Crippen LogP contribution < -0.4 is 4.57 Å². The van der Waals surface area contributed by atoms with Gasteiger partial charge in [-0.05, 0) is 0 Å². The van der Waals surface area contributed by atoms with Crippen molar-refractivity contribution < 1.29 is 30.9 Å². The lowest BCUT2D eigenvalue weighted by Gasteiger charge is -2.07. The average molecular weight is 247 g/mol. The maximum absolute atomic E-state index is 12.5. The summed E-state index contributed by atoms with van der Waals surface area (Å²) >= 11 is 0. The van der Waals surface area contributed by atoms with E-state index in [2.05, 4.69) is 0 Å². The first-order valence-corrected chi connectivity index (χ1v) is 4.17. The molecule has 0 atom stereocenters. The minimum Gasteiger partial charge on any atom is -0.226 e. The van der Waals surface area contributed by atoms with Crippen LogP contribution in [0.5, 0.6) is 0 Å². The highest BCUT2D eigenvalue weighted by molar-refractivity contribution is 5.17. The van der Waals surface area contributed by atoms with Gasteiger partial charge >= 0.3 is 12.4 Å². The van der Waals surface area contributed by atoms with Crippen LogP contribution in [0.15, 0.2) is 0 Å². The van der Waals surface area contributed by atoms with Gasteiger partial charge in [0.1, 0.15) is 0 Å². The molecule has 92 valence electrons. The molecule has 2 nitrogen and oxygen atoms in total. The molecule has 16 heavy (non-hydrogen) atoms. The predicted molar refractivity (Wildman–Crippen MR) is 41.3 cm³/mol. The van der Waals surface area contributed by atoms with Gasteiger partial charge in [0.05, 0.1) is 14.1 Å². The number of nitrogens with zero attached hydrogens (tertiary/aromatic N) is 2. The lowest BCUT2D eigenvalue weighted by molar-refractivity contribution is -0.696. The Labute approximate surface area is 87.1 Å². The van der Waals surface area contributed by atoms with Crippen molar-refractivity contribution in [3.05, 3.63) is 17.2 Å². The number of hydrogen-bond donors (Lipinski definition) is 0. The van der Waals surface area contributed by atoms with Gasteiger partial charge in [0, 0.05) is 6.92 Å². The number of aromatic nitrogens is 2. The summed E-state index contributed by atoms with van der Waals surface area (Å²) < 4.78 is 76.0. The van der Waals surface area contributed by atoms with Crippen LogP contribution in [-0.4, -0.2) is 4.57 Å². The highest BCUT2D eigenvalue weighted by atomic mass is 19.4. The molecule has 0 fully saturated rings. The Kier molecular flexibility index (Phi) is 2.73. The second-order valence-corrected chi connectivity index (χ2v) is 3.36. The summed E-state index contributed by atoms with van der Waals surface area (Å²) in [5, 5.41) is 0. The van der Waals surface area contributed by atoms with Crippen molar-refractivity contribution in [2.45, 2.75) is 19.3 Å². The van der Waals surface area contributed by atoms with Gasteiger partial charge in [-0.3, -0.25) is 0 Å². The average Bonchev–Trinajstić information content (AvgIpc) is 2.27. The molecule has 0 radical (unpaired) electrons. The summed E-state index contributed by atoms with van der Waals surface area (Å²) in [6, 6.07) is 0. The van der Waals surface area contributed by atoms with Crippen molar-refractivity contribution in [1.29, 1.82) is 0 Å². The largest absolute Gasteiger partial charge is 0.457 e. The fourth-order valence-electron chi connectivity index (χ4n) is 1.52. The summed E-state index contributed by atoms with van der Waals surface area (Å²) in [6.45, 7) is 1.18. The van der Waals surface area contributed by atoms with Crippen LogP contribution in [0.3, 0.4) is 0 Å². The van der Waals surface area contributed by atoms with Crippen LogP contribution in [0.25, 0.3) is 0 Å². The second kappa shape index (κ2) is 3.39. The van der Waals surface area contributed by atoms with Gasteiger partial charge in [-0.15, -0.1) is 0 Å². The zero-order chi connectivity index (χ0) is 12.9. The van der Waals surface area contributed by atoms with Gasteiger partial charge in [0.25, 0.3) is 17.2 Å². The first-order chi connectivity index (χ1) is 6.98. The van der Waals surface area contributed by atoms with E-state index in [1.807, 2.05) is 0 Å². The topological polar surface area (TPSA) is 8.81 Å². The molecule has 0 aliphatic heterocycles. The van der Waals surface area contributed by atoms with E-state index in [-0.39, 0.29) is 5.82 Å². The van der Waals surface area contributed by atoms with E-state index in [9.17, 15) is 26.3 Å². The normalized spacial score (nSPS) is 13.3. The Morgan fingerprint density at radius 1 is 1.00 bits per heavy atom. The molecule has 0 aromatic carbocycles. The van der Waals surface area contributed by atoms with Crippen molar-refractivity contribution in [3.63, 3.8) is 0 Å². The maximum atomic E-state index is 12.5. The molecule has 0 saturated carbocycles. The van der Waals surface area contributed by atoms with Crippen molar-refractivity contribution in [1.82, 2.24) is 4.57 Å². The predicted octanol–water partition coefficient (Wildman–Crippen LogP) is 2.20. The summed E-state index contributed by atoms with van der Waals surface area (Å²) in [6.07, 6.45) is -10.1. The molecule has 8 heteroatoms.